The van der Waals surface area contributed by atoms with Crippen molar-refractivity contribution in [2.75, 3.05) is 44.3 Å². The number of amides is 1. The minimum Gasteiger partial charge on any atom is -0.379 e. The standard InChI is InChI=1S/C20H22BrN3O2S2.ClH/c1-14-3-4-15-17(13-14)28-20(22-15)24(19(25)16-5-6-18(21)27-16)8-2-7-23-9-11-26-12-10-23;/h3-6,13H,2,7-12H2,1H3;1H. The molecular formula is C20H23BrClN3O2S2. The molecule has 29 heavy (non-hydrogen) atoms. The Morgan fingerprint density at radius 1 is 1.24 bits per heavy atom. The molecule has 9 heteroatoms. The van der Waals surface area contributed by atoms with Crippen LogP contribution >= 0.6 is 51.0 Å². The van der Waals surface area contributed by atoms with Crippen LogP contribution < -0.4 is 4.90 Å². The predicted molar refractivity (Wildman–Crippen MR) is 127 cm³/mol. The summed E-state index contributed by atoms with van der Waals surface area (Å²) in [5.74, 6) is 0.0217. The van der Waals surface area contributed by atoms with Gasteiger partial charge in [0.25, 0.3) is 5.91 Å². The highest BCUT2D eigenvalue weighted by Crippen LogP contribution is 2.32. The molecule has 1 aliphatic rings. The lowest BCUT2D eigenvalue weighted by Crippen LogP contribution is -2.39. The van der Waals surface area contributed by atoms with E-state index in [0.717, 1.165) is 63.3 Å². The van der Waals surface area contributed by atoms with Crippen molar-refractivity contribution >= 4 is 72.3 Å². The molecule has 0 saturated carbocycles. The van der Waals surface area contributed by atoms with Gasteiger partial charge in [-0.1, -0.05) is 17.4 Å². The predicted octanol–water partition coefficient (Wildman–Crippen LogP) is 5.22. The quantitative estimate of drug-likeness (QED) is 0.451. The Hall–Kier alpha value is -1.03. The zero-order valence-electron chi connectivity index (χ0n) is 16.1. The average Bonchev–Trinajstić information content (AvgIpc) is 3.31. The fraction of sp³-hybridized carbons (Fsp3) is 0.400. The fourth-order valence-corrected chi connectivity index (χ4v) is 5.68. The van der Waals surface area contributed by atoms with Crippen LogP contribution in [0.25, 0.3) is 10.2 Å². The van der Waals surface area contributed by atoms with Gasteiger partial charge in [-0.15, -0.1) is 23.7 Å². The summed E-state index contributed by atoms with van der Waals surface area (Å²) in [6.07, 6.45) is 0.910. The van der Waals surface area contributed by atoms with E-state index in [1.165, 1.54) is 16.9 Å². The number of halogens is 2. The molecule has 0 atom stereocenters. The Kier molecular flexibility index (Phi) is 8.07. The van der Waals surface area contributed by atoms with Gasteiger partial charge in [0.2, 0.25) is 0 Å². The molecule has 4 rings (SSSR count). The number of thiazole rings is 1. The zero-order chi connectivity index (χ0) is 19.5. The van der Waals surface area contributed by atoms with Gasteiger partial charge in [-0.2, -0.15) is 0 Å². The summed E-state index contributed by atoms with van der Waals surface area (Å²) in [7, 11) is 0. The van der Waals surface area contributed by atoms with Crippen LogP contribution in [0.2, 0.25) is 0 Å². The molecule has 3 aromatic rings. The number of rotatable bonds is 6. The monoisotopic (exact) mass is 515 g/mol. The smallest absolute Gasteiger partial charge is 0.270 e. The molecule has 0 bridgehead atoms. The van der Waals surface area contributed by atoms with Gasteiger partial charge < -0.3 is 4.74 Å². The summed E-state index contributed by atoms with van der Waals surface area (Å²) in [5.41, 5.74) is 2.15. The van der Waals surface area contributed by atoms with E-state index < -0.39 is 0 Å². The molecule has 0 radical (unpaired) electrons. The van der Waals surface area contributed by atoms with Gasteiger partial charge >= 0.3 is 0 Å². The molecule has 0 aliphatic carbocycles. The molecule has 0 spiro atoms. The van der Waals surface area contributed by atoms with E-state index >= 15 is 0 Å². The zero-order valence-corrected chi connectivity index (χ0v) is 20.1. The maximum atomic E-state index is 13.2. The van der Waals surface area contributed by atoms with E-state index in [4.69, 9.17) is 9.72 Å². The number of hydrogen-bond donors (Lipinski definition) is 0. The molecule has 3 heterocycles. The topological polar surface area (TPSA) is 45.7 Å². The van der Waals surface area contributed by atoms with Crippen molar-refractivity contribution in [2.45, 2.75) is 13.3 Å². The first kappa shape index (κ1) is 22.7. The van der Waals surface area contributed by atoms with E-state index in [9.17, 15) is 4.79 Å². The minimum atomic E-state index is 0. The Morgan fingerprint density at radius 3 is 2.76 bits per heavy atom. The molecule has 1 aromatic carbocycles. The summed E-state index contributed by atoms with van der Waals surface area (Å²) >= 11 is 6.52. The molecular weight excluding hydrogens is 494 g/mol. The van der Waals surface area contributed by atoms with Crippen molar-refractivity contribution < 1.29 is 9.53 Å². The highest BCUT2D eigenvalue weighted by atomic mass is 79.9. The van der Waals surface area contributed by atoms with Crippen LogP contribution in [-0.2, 0) is 4.74 Å². The van der Waals surface area contributed by atoms with Crippen LogP contribution in [0.4, 0.5) is 5.13 Å². The summed E-state index contributed by atoms with van der Waals surface area (Å²) in [4.78, 5) is 23.0. The molecule has 1 amide bonds. The van der Waals surface area contributed by atoms with E-state index in [1.54, 1.807) is 11.3 Å². The first-order valence-corrected chi connectivity index (χ1v) is 11.8. The first-order chi connectivity index (χ1) is 13.6. The van der Waals surface area contributed by atoms with Crippen LogP contribution in [0.5, 0.6) is 0 Å². The van der Waals surface area contributed by atoms with Gasteiger partial charge in [0.05, 0.1) is 32.1 Å². The van der Waals surface area contributed by atoms with Crippen LogP contribution in [0.1, 0.15) is 21.7 Å². The number of carbonyl (C=O) groups excluding carboxylic acids is 1. The van der Waals surface area contributed by atoms with Crippen molar-refractivity contribution in [3.05, 3.63) is 44.6 Å². The van der Waals surface area contributed by atoms with Crippen LogP contribution in [-0.4, -0.2) is 55.2 Å². The van der Waals surface area contributed by atoms with E-state index in [-0.39, 0.29) is 18.3 Å². The van der Waals surface area contributed by atoms with E-state index in [1.807, 2.05) is 23.1 Å². The second-order valence-electron chi connectivity index (χ2n) is 6.84. The largest absolute Gasteiger partial charge is 0.379 e. The second-order valence-corrected chi connectivity index (χ2v) is 10.3. The molecule has 0 N–H and O–H groups in total. The van der Waals surface area contributed by atoms with Crippen LogP contribution in [0.15, 0.2) is 34.1 Å². The third-order valence-electron chi connectivity index (χ3n) is 4.75. The van der Waals surface area contributed by atoms with Crippen LogP contribution in [0, 0.1) is 6.92 Å². The molecule has 5 nitrogen and oxygen atoms in total. The molecule has 1 aliphatic heterocycles. The lowest BCUT2D eigenvalue weighted by Gasteiger charge is -2.27. The number of anilines is 1. The van der Waals surface area contributed by atoms with Gasteiger partial charge in [0.15, 0.2) is 5.13 Å². The average molecular weight is 517 g/mol. The summed E-state index contributed by atoms with van der Waals surface area (Å²) < 4.78 is 7.50. The number of nitrogens with zero attached hydrogens (tertiary/aromatic N) is 3. The van der Waals surface area contributed by atoms with Gasteiger partial charge in [0, 0.05) is 26.2 Å². The number of hydrogen-bond acceptors (Lipinski definition) is 6. The maximum Gasteiger partial charge on any atom is 0.270 e. The van der Waals surface area contributed by atoms with Crippen molar-refractivity contribution in [3.8, 4) is 0 Å². The van der Waals surface area contributed by atoms with E-state index in [0.29, 0.717) is 6.54 Å². The first-order valence-electron chi connectivity index (χ1n) is 9.35. The molecule has 1 fully saturated rings. The second kappa shape index (κ2) is 10.3. The number of fused-ring (bicyclic) bond motifs is 1. The maximum absolute atomic E-state index is 13.2. The minimum absolute atomic E-state index is 0. The molecule has 2 aromatic heterocycles. The third-order valence-corrected chi connectivity index (χ3v) is 7.41. The normalized spacial score (nSPS) is 14.7. The number of thiophene rings is 1. The number of aromatic nitrogens is 1. The number of aryl methyl sites for hydroxylation is 1. The Bertz CT molecular complexity index is 972. The van der Waals surface area contributed by atoms with Crippen molar-refractivity contribution in [2.24, 2.45) is 0 Å². The number of carbonyl (C=O) groups is 1. The summed E-state index contributed by atoms with van der Waals surface area (Å²) in [6.45, 7) is 7.22. The van der Waals surface area contributed by atoms with Gasteiger partial charge in [-0.05, 0) is 59.1 Å². The SMILES string of the molecule is Cc1ccc2nc(N(CCCN3CCOCC3)C(=O)c3ccc(Br)s3)sc2c1.Cl. The Balaban J connectivity index is 0.00000240. The van der Waals surface area contributed by atoms with Crippen molar-refractivity contribution in [1.29, 1.82) is 0 Å². The van der Waals surface area contributed by atoms with Gasteiger partial charge in [-0.3, -0.25) is 14.6 Å². The Labute approximate surface area is 193 Å². The lowest BCUT2D eigenvalue weighted by molar-refractivity contribution is 0.0376. The van der Waals surface area contributed by atoms with Crippen LogP contribution in [0.3, 0.4) is 0 Å². The molecule has 156 valence electrons. The highest BCUT2D eigenvalue weighted by Gasteiger charge is 2.23. The summed E-state index contributed by atoms with van der Waals surface area (Å²) in [6, 6.07) is 10.0. The third kappa shape index (κ3) is 5.57. The number of benzene rings is 1. The van der Waals surface area contributed by atoms with Crippen molar-refractivity contribution in [3.63, 3.8) is 0 Å². The lowest BCUT2D eigenvalue weighted by atomic mass is 10.2. The van der Waals surface area contributed by atoms with Gasteiger partial charge in [-0.25, -0.2) is 4.98 Å². The Morgan fingerprint density at radius 2 is 2.03 bits per heavy atom. The fourth-order valence-electron chi connectivity index (χ4n) is 3.26. The number of ether oxygens (including phenoxy) is 1. The molecule has 1 saturated heterocycles. The highest BCUT2D eigenvalue weighted by molar-refractivity contribution is 9.11. The number of morpholine rings is 1. The van der Waals surface area contributed by atoms with Gasteiger partial charge in [0.1, 0.15) is 0 Å². The summed E-state index contributed by atoms with van der Waals surface area (Å²) in [5, 5.41) is 0.775. The van der Waals surface area contributed by atoms with Crippen molar-refractivity contribution in [1.82, 2.24) is 9.88 Å². The molecule has 0 unspecified atom stereocenters. The van der Waals surface area contributed by atoms with E-state index in [2.05, 4.69) is 39.9 Å².